The minimum Gasteiger partial charge on any atom is -0.252 e. The second kappa shape index (κ2) is 3.35. The summed E-state index contributed by atoms with van der Waals surface area (Å²) in [5.74, 6) is 1.16. The van der Waals surface area contributed by atoms with Crippen LogP contribution < -0.4 is 0 Å². The van der Waals surface area contributed by atoms with Crippen LogP contribution in [-0.4, -0.2) is 11.4 Å². The van der Waals surface area contributed by atoms with E-state index in [1.165, 1.54) is 6.42 Å². The van der Waals surface area contributed by atoms with Gasteiger partial charge in [-0.25, -0.2) is 4.89 Å². The van der Waals surface area contributed by atoms with Crippen LogP contribution in [0.25, 0.3) is 0 Å². The fraction of sp³-hybridized carbons (Fsp3) is 1.00. The summed E-state index contributed by atoms with van der Waals surface area (Å²) in [6.07, 6.45) is 2.23. The van der Waals surface area contributed by atoms with Crippen LogP contribution in [0.15, 0.2) is 0 Å². The molecule has 0 aromatic carbocycles. The Kier molecular flexibility index (Phi) is 2.79. The summed E-state index contributed by atoms with van der Waals surface area (Å²) in [6.45, 7) is 8.89. The smallest absolute Gasteiger partial charge is 0.0963 e. The van der Waals surface area contributed by atoms with Gasteiger partial charge in [-0.15, -0.1) is 0 Å². The molecule has 1 N–H and O–H groups in total. The molecule has 2 heteroatoms. The molecule has 1 aliphatic carbocycles. The largest absolute Gasteiger partial charge is 0.252 e. The Morgan fingerprint density at radius 1 is 1.25 bits per heavy atom. The predicted octanol–water partition coefficient (Wildman–Crippen LogP) is 2.94. The van der Waals surface area contributed by atoms with Gasteiger partial charge in [0, 0.05) is 0 Å². The fourth-order valence-electron chi connectivity index (χ4n) is 2.68. The molecule has 0 amide bonds. The van der Waals surface area contributed by atoms with Gasteiger partial charge in [-0.2, -0.15) is 0 Å². The Morgan fingerprint density at radius 3 is 2.17 bits per heavy atom. The molecule has 0 aromatic heterocycles. The van der Waals surface area contributed by atoms with Crippen molar-refractivity contribution in [2.75, 3.05) is 0 Å². The van der Waals surface area contributed by atoms with Gasteiger partial charge in [0.2, 0.25) is 0 Å². The molecule has 0 aliphatic heterocycles. The van der Waals surface area contributed by atoms with E-state index >= 15 is 0 Å². The summed E-state index contributed by atoms with van der Waals surface area (Å²) < 4.78 is 0. The number of rotatable bonds is 1. The first-order chi connectivity index (χ1) is 5.46. The first-order valence-corrected chi connectivity index (χ1v) is 4.77. The maximum absolute atomic E-state index is 8.72. The molecule has 0 saturated heterocycles. The highest BCUT2D eigenvalue weighted by Gasteiger charge is 2.41. The van der Waals surface area contributed by atoms with Crippen LogP contribution in [0.2, 0.25) is 0 Å². The first kappa shape index (κ1) is 10.0. The van der Waals surface area contributed by atoms with E-state index < -0.39 is 0 Å². The summed E-state index contributed by atoms with van der Waals surface area (Å²) in [6, 6.07) is 0. The molecule has 1 aliphatic rings. The molecule has 3 atom stereocenters. The molecule has 2 unspecified atom stereocenters. The van der Waals surface area contributed by atoms with Gasteiger partial charge < -0.3 is 0 Å². The van der Waals surface area contributed by atoms with E-state index in [9.17, 15) is 0 Å². The Bertz CT molecular complexity index is 148. The third kappa shape index (κ3) is 1.80. The van der Waals surface area contributed by atoms with Crippen molar-refractivity contribution in [1.82, 2.24) is 0 Å². The van der Waals surface area contributed by atoms with E-state index in [1.54, 1.807) is 0 Å². The lowest BCUT2D eigenvalue weighted by Crippen LogP contribution is -2.32. The zero-order valence-corrected chi connectivity index (χ0v) is 8.50. The first-order valence-electron chi connectivity index (χ1n) is 4.77. The van der Waals surface area contributed by atoms with Crippen molar-refractivity contribution in [2.24, 2.45) is 17.3 Å². The molecular weight excluding hydrogens is 152 g/mol. The molecule has 0 spiro atoms. The Balaban J connectivity index is 2.70. The summed E-state index contributed by atoms with van der Waals surface area (Å²) in [5.41, 5.74) is 0.239. The molecule has 0 aromatic rings. The highest BCUT2D eigenvalue weighted by Crippen LogP contribution is 2.44. The number of hydrogen-bond acceptors (Lipinski definition) is 2. The third-order valence-electron chi connectivity index (χ3n) is 3.06. The van der Waals surface area contributed by atoms with E-state index in [2.05, 4.69) is 32.6 Å². The van der Waals surface area contributed by atoms with Crippen molar-refractivity contribution in [3.8, 4) is 0 Å². The molecule has 1 saturated carbocycles. The molecular formula is C10H20O2. The van der Waals surface area contributed by atoms with Crippen molar-refractivity contribution in [1.29, 1.82) is 0 Å². The van der Waals surface area contributed by atoms with Crippen LogP contribution in [0.3, 0.4) is 0 Å². The monoisotopic (exact) mass is 172 g/mol. The fourth-order valence-corrected chi connectivity index (χ4v) is 2.68. The predicted molar refractivity (Wildman–Crippen MR) is 48.8 cm³/mol. The molecule has 1 rings (SSSR count). The van der Waals surface area contributed by atoms with Gasteiger partial charge in [0.05, 0.1) is 6.10 Å². The maximum Gasteiger partial charge on any atom is 0.0963 e. The van der Waals surface area contributed by atoms with Crippen molar-refractivity contribution < 1.29 is 10.1 Å². The molecule has 72 valence electrons. The minimum atomic E-state index is 0.0556. The lowest BCUT2D eigenvalue weighted by molar-refractivity contribution is -0.293. The van der Waals surface area contributed by atoms with Gasteiger partial charge in [-0.3, -0.25) is 5.26 Å². The van der Waals surface area contributed by atoms with E-state index in [-0.39, 0.29) is 11.5 Å². The van der Waals surface area contributed by atoms with Gasteiger partial charge in [-0.05, 0) is 30.1 Å². The van der Waals surface area contributed by atoms with Crippen LogP contribution in [0.1, 0.15) is 40.5 Å². The molecule has 2 nitrogen and oxygen atoms in total. The zero-order valence-electron chi connectivity index (χ0n) is 8.50. The summed E-state index contributed by atoms with van der Waals surface area (Å²) in [7, 11) is 0. The van der Waals surface area contributed by atoms with Crippen molar-refractivity contribution in [3.63, 3.8) is 0 Å². The van der Waals surface area contributed by atoms with Crippen LogP contribution >= 0.6 is 0 Å². The van der Waals surface area contributed by atoms with Gasteiger partial charge in [0.25, 0.3) is 0 Å². The Labute approximate surface area is 74.9 Å². The topological polar surface area (TPSA) is 29.5 Å². The normalized spacial score (nSPS) is 37.2. The summed E-state index contributed by atoms with van der Waals surface area (Å²) >= 11 is 0. The Morgan fingerprint density at radius 2 is 1.83 bits per heavy atom. The quantitative estimate of drug-likeness (QED) is 0.486. The minimum absolute atomic E-state index is 0.0556. The van der Waals surface area contributed by atoms with E-state index in [4.69, 9.17) is 5.26 Å². The SMILES string of the molecule is CC1CC[C@@H](OO)C1C(C)(C)C. The molecule has 12 heavy (non-hydrogen) atoms. The summed E-state index contributed by atoms with van der Waals surface area (Å²) in [4.78, 5) is 4.52. The lowest BCUT2D eigenvalue weighted by atomic mass is 9.74. The lowest BCUT2D eigenvalue weighted by Gasteiger charge is -2.33. The summed E-state index contributed by atoms with van der Waals surface area (Å²) in [5, 5.41) is 8.72. The van der Waals surface area contributed by atoms with Crippen molar-refractivity contribution in [3.05, 3.63) is 0 Å². The van der Waals surface area contributed by atoms with Crippen LogP contribution in [0.4, 0.5) is 0 Å². The molecule has 0 heterocycles. The maximum atomic E-state index is 8.72. The molecule has 1 fully saturated rings. The van der Waals surface area contributed by atoms with Gasteiger partial charge >= 0.3 is 0 Å². The number of hydrogen-bond donors (Lipinski definition) is 1. The van der Waals surface area contributed by atoms with Gasteiger partial charge in [0.1, 0.15) is 0 Å². The van der Waals surface area contributed by atoms with Gasteiger partial charge in [-0.1, -0.05) is 27.7 Å². The second-order valence-electron chi connectivity index (χ2n) is 5.09. The van der Waals surface area contributed by atoms with Crippen LogP contribution in [-0.2, 0) is 4.89 Å². The molecule has 0 radical (unpaired) electrons. The highest BCUT2D eigenvalue weighted by molar-refractivity contribution is 4.90. The zero-order chi connectivity index (χ0) is 9.35. The van der Waals surface area contributed by atoms with Gasteiger partial charge in [0.15, 0.2) is 0 Å². The van der Waals surface area contributed by atoms with Crippen molar-refractivity contribution >= 4 is 0 Å². The van der Waals surface area contributed by atoms with Crippen LogP contribution in [0, 0.1) is 17.3 Å². The van der Waals surface area contributed by atoms with E-state index in [1.807, 2.05) is 0 Å². The van der Waals surface area contributed by atoms with E-state index in [0.29, 0.717) is 11.8 Å². The van der Waals surface area contributed by atoms with E-state index in [0.717, 1.165) is 6.42 Å². The average Bonchev–Trinajstić information content (AvgIpc) is 2.29. The highest BCUT2D eigenvalue weighted by atomic mass is 17.1. The Hall–Kier alpha value is -0.0800. The molecule has 0 bridgehead atoms. The van der Waals surface area contributed by atoms with Crippen molar-refractivity contribution in [2.45, 2.75) is 46.6 Å². The second-order valence-corrected chi connectivity index (χ2v) is 5.09. The standard InChI is InChI=1S/C10H20O2/c1-7-5-6-8(12-11)9(7)10(2,3)4/h7-9,11H,5-6H2,1-4H3/t7?,8-,9?/m1/s1. The third-order valence-corrected chi connectivity index (χ3v) is 3.06. The van der Waals surface area contributed by atoms with Crippen LogP contribution in [0.5, 0.6) is 0 Å². The average molecular weight is 172 g/mol.